The van der Waals surface area contributed by atoms with Gasteiger partial charge in [0.2, 0.25) is 0 Å². The predicted octanol–water partition coefficient (Wildman–Crippen LogP) is 6.49. The molecule has 1 fully saturated rings. The first-order valence-corrected chi connectivity index (χ1v) is 12.5. The third-order valence-electron chi connectivity index (χ3n) is 6.88. The van der Waals surface area contributed by atoms with Crippen LogP contribution in [-0.4, -0.2) is 20.5 Å². The number of aryl methyl sites for hydroxylation is 1. The number of aromatic nitrogens is 2. The normalized spacial score (nSPS) is 21.5. The molecule has 33 heavy (non-hydrogen) atoms. The molecule has 1 saturated heterocycles. The van der Waals surface area contributed by atoms with Crippen LogP contribution in [0.25, 0.3) is 11.2 Å². The van der Waals surface area contributed by atoms with E-state index in [-0.39, 0.29) is 16.6 Å². The largest absolute Gasteiger partial charge is 0.307 e. The lowest BCUT2D eigenvalue weighted by Crippen LogP contribution is -2.57. The Labute approximate surface area is 198 Å². The first-order valence-electron chi connectivity index (χ1n) is 12.5. The van der Waals surface area contributed by atoms with Crippen molar-refractivity contribution in [1.82, 2.24) is 14.7 Å². The van der Waals surface area contributed by atoms with Crippen molar-refractivity contribution in [2.75, 3.05) is 0 Å². The van der Waals surface area contributed by atoms with Gasteiger partial charge in [-0.2, -0.15) is 0 Å². The second-order valence-electron chi connectivity index (χ2n) is 11.3. The summed E-state index contributed by atoms with van der Waals surface area (Å²) in [6.45, 7) is 13.4. The van der Waals surface area contributed by atoms with Gasteiger partial charge < -0.3 is 5.32 Å². The molecule has 1 aliphatic carbocycles. The molecular formula is C29H39N3O. The van der Waals surface area contributed by atoms with Gasteiger partial charge in [-0.05, 0) is 89.0 Å². The highest BCUT2D eigenvalue weighted by Crippen LogP contribution is 2.39. The molecule has 2 aromatic heterocycles. The van der Waals surface area contributed by atoms with Gasteiger partial charge >= 0.3 is 0 Å². The highest BCUT2D eigenvalue weighted by atomic mass is 16.1. The van der Waals surface area contributed by atoms with Gasteiger partial charge in [0.05, 0.1) is 5.69 Å². The van der Waals surface area contributed by atoms with Gasteiger partial charge in [0, 0.05) is 28.9 Å². The molecule has 0 atom stereocenters. The summed E-state index contributed by atoms with van der Waals surface area (Å²) in [5.41, 5.74) is 6.25. The molecule has 3 heterocycles. The lowest BCUT2D eigenvalue weighted by atomic mass is 9.73. The highest BCUT2D eigenvalue weighted by molar-refractivity contribution is 5.76. The first kappa shape index (κ1) is 23.7. The molecule has 4 nitrogen and oxygen atoms in total. The summed E-state index contributed by atoms with van der Waals surface area (Å²) in [5.74, 6) is 0.408. The molecule has 2 aromatic rings. The standard InChI is InChI=1S/C29H39N3O/c1-7-8-9-11-21-12-10-13-22(15-21)25-16-26(33)32-19-23(14-20(2)27(32)30-25)24-17-28(3,4)31-29(5,6)18-24/h10-11,13-16,19,24,31H,7-9,12,17-18H2,1-6H3/b21-11+. The van der Waals surface area contributed by atoms with Crippen molar-refractivity contribution in [3.63, 3.8) is 0 Å². The van der Waals surface area contributed by atoms with Crippen LogP contribution in [0.4, 0.5) is 0 Å². The predicted molar refractivity (Wildman–Crippen MR) is 139 cm³/mol. The van der Waals surface area contributed by atoms with Crippen LogP contribution in [0.5, 0.6) is 0 Å². The van der Waals surface area contributed by atoms with Crippen LogP contribution in [0, 0.1) is 6.92 Å². The SMILES string of the molecule is CCCC/C=C1/C=C(c2cc(=O)n3cc(C4CC(C)(C)NC(C)(C)C4)cc(C)c3n2)C=CC1. The smallest absolute Gasteiger partial charge is 0.258 e. The Morgan fingerprint density at radius 3 is 2.61 bits per heavy atom. The summed E-state index contributed by atoms with van der Waals surface area (Å²) < 4.78 is 1.75. The van der Waals surface area contributed by atoms with E-state index in [4.69, 9.17) is 4.98 Å². The van der Waals surface area contributed by atoms with E-state index in [2.05, 4.69) is 77.2 Å². The molecule has 0 radical (unpaired) electrons. The van der Waals surface area contributed by atoms with Gasteiger partial charge in [0.15, 0.2) is 0 Å². The molecule has 0 saturated carbocycles. The minimum atomic E-state index is -0.0104. The van der Waals surface area contributed by atoms with E-state index in [1.807, 2.05) is 6.20 Å². The molecule has 0 amide bonds. The maximum Gasteiger partial charge on any atom is 0.258 e. The van der Waals surface area contributed by atoms with Gasteiger partial charge in [-0.15, -0.1) is 0 Å². The second kappa shape index (κ2) is 9.06. The molecule has 176 valence electrons. The van der Waals surface area contributed by atoms with Crippen LogP contribution in [0.3, 0.4) is 0 Å². The maximum absolute atomic E-state index is 13.2. The number of hydrogen-bond donors (Lipinski definition) is 1. The third-order valence-corrected chi connectivity index (χ3v) is 6.88. The molecule has 0 aromatic carbocycles. The molecular weight excluding hydrogens is 406 g/mol. The Hall–Kier alpha value is -2.46. The number of nitrogens with zero attached hydrogens (tertiary/aromatic N) is 2. The lowest BCUT2D eigenvalue weighted by Gasteiger charge is -2.46. The summed E-state index contributed by atoms with van der Waals surface area (Å²) in [6.07, 6.45) is 17.4. The Bertz CT molecular complexity index is 1180. The van der Waals surface area contributed by atoms with Gasteiger partial charge in [-0.25, -0.2) is 4.98 Å². The molecule has 0 bridgehead atoms. The Morgan fingerprint density at radius 2 is 1.91 bits per heavy atom. The van der Waals surface area contributed by atoms with Crippen LogP contribution in [-0.2, 0) is 0 Å². The van der Waals surface area contributed by atoms with Crippen LogP contribution in [0.2, 0.25) is 0 Å². The Kier molecular flexibility index (Phi) is 6.50. The lowest BCUT2D eigenvalue weighted by molar-refractivity contribution is 0.161. The molecule has 4 rings (SSSR count). The Balaban J connectivity index is 1.71. The van der Waals surface area contributed by atoms with Crippen molar-refractivity contribution in [3.8, 4) is 0 Å². The van der Waals surface area contributed by atoms with Crippen molar-refractivity contribution in [2.45, 2.75) is 97.1 Å². The number of rotatable bonds is 5. The van der Waals surface area contributed by atoms with E-state index in [0.29, 0.717) is 5.92 Å². The van der Waals surface area contributed by atoms with Gasteiger partial charge in [-0.1, -0.05) is 44.1 Å². The van der Waals surface area contributed by atoms with Gasteiger partial charge in [0.25, 0.3) is 5.56 Å². The van der Waals surface area contributed by atoms with Gasteiger partial charge in [-0.3, -0.25) is 9.20 Å². The highest BCUT2D eigenvalue weighted by Gasteiger charge is 2.38. The van der Waals surface area contributed by atoms with E-state index in [0.717, 1.165) is 48.2 Å². The number of nitrogens with one attached hydrogen (secondary N) is 1. The average Bonchev–Trinajstić information content (AvgIpc) is 2.72. The minimum Gasteiger partial charge on any atom is -0.307 e. The van der Waals surface area contributed by atoms with E-state index in [1.165, 1.54) is 24.0 Å². The van der Waals surface area contributed by atoms with Crippen molar-refractivity contribution in [1.29, 1.82) is 0 Å². The summed E-state index contributed by atoms with van der Waals surface area (Å²) in [4.78, 5) is 18.2. The van der Waals surface area contributed by atoms with Crippen molar-refractivity contribution >= 4 is 11.2 Å². The van der Waals surface area contributed by atoms with E-state index < -0.39 is 0 Å². The zero-order valence-corrected chi connectivity index (χ0v) is 21.2. The van der Waals surface area contributed by atoms with Crippen LogP contribution in [0.15, 0.2) is 53.0 Å². The summed E-state index contributed by atoms with van der Waals surface area (Å²) >= 11 is 0. The Morgan fingerprint density at radius 1 is 1.18 bits per heavy atom. The molecule has 0 unspecified atom stereocenters. The van der Waals surface area contributed by atoms with E-state index in [9.17, 15) is 4.79 Å². The zero-order chi connectivity index (χ0) is 23.8. The minimum absolute atomic E-state index is 0.0104. The van der Waals surface area contributed by atoms with Crippen molar-refractivity contribution in [2.24, 2.45) is 0 Å². The summed E-state index contributed by atoms with van der Waals surface area (Å²) in [5, 5.41) is 3.76. The van der Waals surface area contributed by atoms with E-state index >= 15 is 0 Å². The van der Waals surface area contributed by atoms with Gasteiger partial charge in [0.1, 0.15) is 5.65 Å². The number of unbranched alkanes of at least 4 members (excludes halogenated alkanes) is 2. The topological polar surface area (TPSA) is 46.4 Å². The maximum atomic E-state index is 13.2. The summed E-state index contributed by atoms with van der Waals surface area (Å²) in [7, 11) is 0. The van der Waals surface area contributed by atoms with Crippen molar-refractivity contribution in [3.05, 3.63) is 75.4 Å². The number of pyridine rings is 1. The number of piperidine rings is 1. The average molecular weight is 446 g/mol. The fourth-order valence-electron chi connectivity index (χ4n) is 5.75. The number of allylic oxidation sites excluding steroid dienone is 6. The molecule has 1 aliphatic heterocycles. The second-order valence-corrected chi connectivity index (χ2v) is 11.3. The van der Waals surface area contributed by atoms with E-state index in [1.54, 1.807) is 10.5 Å². The molecule has 4 heteroatoms. The molecule has 0 spiro atoms. The number of fused-ring (bicyclic) bond motifs is 1. The first-order chi connectivity index (χ1) is 15.6. The van der Waals surface area contributed by atoms with Crippen molar-refractivity contribution < 1.29 is 0 Å². The van der Waals surface area contributed by atoms with Crippen LogP contribution in [0.1, 0.15) is 95.9 Å². The summed E-state index contributed by atoms with van der Waals surface area (Å²) in [6, 6.07) is 3.94. The number of hydrogen-bond acceptors (Lipinski definition) is 3. The third kappa shape index (κ3) is 5.38. The molecule has 2 aliphatic rings. The fourth-order valence-corrected chi connectivity index (χ4v) is 5.75. The molecule has 1 N–H and O–H groups in total. The fraction of sp³-hybridized carbons (Fsp3) is 0.517. The quantitative estimate of drug-likeness (QED) is 0.535. The van der Waals surface area contributed by atoms with Crippen LogP contribution >= 0.6 is 0 Å². The monoisotopic (exact) mass is 445 g/mol. The van der Waals surface area contributed by atoms with Crippen LogP contribution < -0.4 is 10.9 Å². The zero-order valence-electron chi connectivity index (χ0n) is 21.2.